The van der Waals surface area contributed by atoms with E-state index in [1.54, 1.807) is 0 Å². The van der Waals surface area contributed by atoms with Crippen LogP contribution in [0.15, 0.2) is 12.1 Å². The molecule has 0 saturated carbocycles. The molecule has 2 rings (SSSR count). The van der Waals surface area contributed by atoms with Crippen molar-refractivity contribution in [2.45, 2.75) is 19.8 Å². The SMILES string of the molecule is Cc1ccc(F)c(C(=O)N2CCC(CO)CC2)c1F. The van der Waals surface area contributed by atoms with Crippen molar-refractivity contribution < 1.29 is 18.7 Å². The van der Waals surface area contributed by atoms with Crippen molar-refractivity contribution in [2.75, 3.05) is 19.7 Å². The quantitative estimate of drug-likeness (QED) is 0.893. The number of rotatable bonds is 2. The molecule has 19 heavy (non-hydrogen) atoms. The Morgan fingerprint density at radius 2 is 2.00 bits per heavy atom. The first-order valence-corrected chi connectivity index (χ1v) is 6.39. The van der Waals surface area contributed by atoms with Crippen molar-refractivity contribution in [3.8, 4) is 0 Å². The molecule has 1 amide bonds. The second-order valence-corrected chi connectivity index (χ2v) is 4.97. The molecule has 5 heteroatoms. The van der Waals surface area contributed by atoms with E-state index in [-0.39, 0.29) is 18.1 Å². The number of likely N-dealkylation sites (tertiary alicyclic amines) is 1. The topological polar surface area (TPSA) is 40.5 Å². The fourth-order valence-corrected chi connectivity index (χ4v) is 2.33. The summed E-state index contributed by atoms with van der Waals surface area (Å²) in [6.07, 6.45) is 1.33. The van der Waals surface area contributed by atoms with Crippen LogP contribution in [-0.2, 0) is 0 Å². The number of aliphatic hydroxyl groups excluding tert-OH is 1. The van der Waals surface area contributed by atoms with Crippen LogP contribution in [0.2, 0.25) is 0 Å². The average Bonchev–Trinajstić information content (AvgIpc) is 2.43. The Labute approximate surface area is 110 Å². The maximum Gasteiger partial charge on any atom is 0.259 e. The number of aliphatic hydroxyl groups is 1. The zero-order valence-electron chi connectivity index (χ0n) is 10.8. The zero-order chi connectivity index (χ0) is 14.0. The first kappa shape index (κ1) is 13.9. The van der Waals surface area contributed by atoms with E-state index in [1.165, 1.54) is 17.9 Å². The van der Waals surface area contributed by atoms with Gasteiger partial charge in [0.2, 0.25) is 0 Å². The maximum absolute atomic E-state index is 13.9. The van der Waals surface area contributed by atoms with E-state index in [1.807, 2.05) is 0 Å². The summed E-state index contributed by atoms with van der Waals surface area (Å²) < 4.78 is 27.5. The lowest BCUT2D eigenvalue weighted by molar-refractivity contribution is 0.0641. The van der Waals surface area contributed by atoms with Crippen LogP contribution in [0.4, 0.5) is 8.78 Å². The molecule has 1 N–H and O–H groups in total. The minimum atomic E-state index is -0.822. The summed E-state index contributed by atoms with van der Waals surface area (Å²) in [7, 11) is 0. The number of carbonyl (C=O) groups excluding carboxylic acids is 1. The number of piperidine rings is 1. The molecule has 1 aromatic rings. The van der Waals surface area contributed by atoms with Gasteiger partial charge < -0.3 is 10.0 Å². The first-order valence-electron chi connectivity index (χ1n) is 6.39. The highest BCUT2D eigenvalue weighted by molar-refractivity contribution is 5.95. The van der Waals surface area contributed by atoms with Crippen molar-refractivity contribution >= 4 is 5.91 Å². The Morgan fingerprint density at radius 3 is 2.58 bits per heavy atom. The van der Waals surface area contributed by atoms with E-state index in [0.717, 1.165) is 6.07 Å². The third kappa shape index (κ3) is 2.76. The molecule has 0 radical (unpaired) electrons. The third-order valence-corrected chi connectivity index (χ3v) is 3.66. The number of amides is 1. The number of carbonyl (C=O) groups is 1. The van der Waals surface area contributed by atoms with Crippen molar-refractivity contribution in [1.29, 1.82) is 0 Å². The van der Waals surface area contributed by atoms with E-state index >= 15 is 0 Å². The van der Waals surface area contributed by atoms with Gasteiger partial charge >= 0.3 is 0 Å². The van der Waals surface area contributed by atoms with Crippen LogP contribution in [0, 0.1) is 24.5 Å². The summed E-state index contributed by atoms with van der Waals surface area (Å²) in [5.41, 5.74) is -0.211. The maximum atomic E-state index is 13.9. The van der Waals surface area contributed by atoms with Gasteiger partial charge in [-0.3, -0.25) is 4.79 Å². The minimum Gasteiger partial charge on any atom is -0.396 e. The van der Waals surface area contributed by atoms with Crippen LogP contribution in [-0.4, -0.2) is 35.6 Å². The third-order valence-electron chi connectivity index (χ3n) is 3.66. The van der Waals surface area contributed by atoms with E-state index in [4.69, 9.17) is 5.11 Å². The van der Waals surface area contributed by atoms with Gasteiger partial charge in [-0.15, -0.1) is 0 Å². The van der Waals surface area contributed by atoms with E-state index in [9.17, 15) is 13.6 Å². The Balaban J connectivity index is 2.19. The average molecular weight is 269 g/mol. The van der Waals surface area contributed by atoms with Gasteiger partial charge in [0, 0.05) is 19.7 Å². The molecule has 1 saturated heterocycles. The van der Waals surface area contributed by atoms with Crippen molar-refractivity contribution in [3.63, 3.8) is 0 Å². The van der Waals surface area contributed by atoms with Crippen LogP contribution in [0.3, 0.4) is 0 Å². The van der Waals surface area contributed by atoms with Crippen molar-refractivity contribution in [1.82, 2.24) is 4.90 Å². The molecule has 1 heterocycles. The number of halogens is 2. The van der Waals surface area contributed by atoms with Crippen LogP contribution < -0.4 is 0 Å². The molecule has 1 aliphatic heterocycles. The summed E-state index contributed by atoms with van der Waals surface area (Å²) in [5, 5.41) is 9.03. The molecule has 0 aliphatic carbocycles. The number of aryl methyl sites for hydroxylation is 1. The molecule has 0 aromatic heterocycles. The Morgan fingerprint density at radius 1 is 1.37 bits per heavy atom. The summed E-state index contributed by atoms with van der Waals surface area (Å²) in [6.45, 7) is 2.45. The molecule has 0 spiro atoms. The number of hydrogen-bond acceptors (Lipinski definition) is 2. The van der Waals surface area contributed by atoms with Crippen LogP contribution >= 0.6 is 0 Å². The Kier molecular flexibility index (Phi) is 4.14. The largest absolute Gasteiger partial charge is 0.396 e. The Hall–Kier alpha value is -1.49. The van der Waals surface area contributed by atoms with Crippen LogP contribution in [0.1, 0.15) is 28.8 Å². The Bertz CT molecular complexity index is 483. The highest BCUT2D eigenvalue weighted by Crippen LogP contribution is 2.22. The molecular weight excluding hydrogens is 252 g/mol. The molecule has 1 aromatic carbocycles. The summed E-state index contributed by atoms with van der Waals surface area (Å²) in [5.74, 6) is -2.03. The fourth-order valence-electron chi connectivity index (χ4n) is 2.33. The van der Waals surface area contributed by atoms with Gasteiger partial charge in [0.05, 0.1) is 0 Å². The standard InChI is InChI=1S/C14H17F2NO2/c1-9-2-3-11(15)12(13(9)16)14(19)17-6-4-10(8-18)5-7-17/h2-3,10,18H,4-8H2,1H3. The zero-order valence-corrected chi connectivity index (χ0v) is 10.8. The van der Waals surface area contributed by atoms with Crippen LogP contribution in [0.5, 0.6) is 0 Å². The lowest BCUT2D eigenvalue weighted by Gasteiger charge is -2.31. The minimum absolute atomic E-state index is 0.0925. The molecule has 0 atom stereocenters. The molecule has 0 bridgehead atoms. The van der Waals surface area contributed by atoms with Gasteiger partial charge in [-0.25, -0.2) is 8.78 Å². The molecule has 0 unspecified atom stereocenters. The van der Waals surface area contributed by atoms with Gasteiger partial charge in [0.1, 0.15) is 17.2 Å². The van der Waals surface area contributed by atoms with E-state index < -0.39 is 23.1 Å². The monoisotopic (exact) mass is 269 g/mol. The summed E-state index contributed by atoms with van der Waals surface area (Å²) >= 11 is 0. The molecule has 104 valence electrons. The van der Waals surface area contributed by atoms with Gasteiger partial charge in [-0.05, 0) is 37.3 Å². The van der Waals surface area contributed by atoms with E-state index in [0.29, 0.717) is 25.9 Å². The first-order chi connectivity index (χ1) is 9.04. The van der Waals surface area contributed by atoms with Gasteiger partial charge in [-0.2, -0.15) is 0 Å². The number of nitrogens with zero attached hydrogens (tertiary/aromatic N) is 1. The second kappa shape index (κ2) is 5.65. The predicted molar refractivity (Wildman–Crippen MR) is 66.8 cm³/mol. The lowest BCUT2D eigenvalue weighted by atomic mass is 9.97. The van der Waals surface area contributed by atoms with E-state index in [2.05, 4.69) is 0 Å². The highest BCUT2D eigenvalue weighted by atomic mass is 19.1. The van der Waals surface area contributed by atoms with Gasteiger partial charge in [0.25, 0.3) is 5.91 Å². The molecule has 3 nitrogen and oxygen atoms in total. The highest BCUT2D eigenvalue weighted by Gasteiger charge is 2.27. The van der Waals surface area contributed by atoms with Crippen molar-refractivity contribution in [2.24, 2.45) is 5.92 Å². The van der Waals surface area contributed by atoms with Gasteiger partial charge in [0.15, 0.2) is 0 Å². The van der Waals surface area contributed by atoms with Gasteiger partial charge in [-0.1, -0.05) is 6.07 Å². The molecular formula is C14H17F2NO2. The second-order valence-electron chi connectivity index (χ2n) is 4.97. The van der Waals surface area contributed by atoms with Crippen molar-refractivity contribution in [3.05, 3.63) is 34.9 Å². The summed E-state index contributed by atoms with van der Waals surface area (Å²) in [4.78, 5) is 13.6. The predicted octanol–water partition coefficient (Wildman–Crippen LogP) is 2.12. The molecule has 1 aliphatic rings. The van der Waals surface area contributed by atoms with Crippen LogP contribution in [0.25, 0.3) is 0 Å². The summed E-state index contributed by atoms with van der Waals surface area (Å²) in [6, 6.07) is 2.44. The number of benzene rings is 1. The fraction of sp³-hybridized carbons (Fsp3) is 0.500. The smallest absolute Gasteiger partial charge is 0.259 e. The normalized spacial score (nSPS) is 16.7. The molecule has 1 fully saturated rings. The lowest BCUT2D eigenvalue weighted by Crippen LogP contribution is -2.40. The number of hydrogen-bond donors (Lipinski definition) is 1.